The van der Waals surface area contributed by atoms with Crippen LogP contribution in [0.1, 0.15) is 54.4 Å². The second kappa shape index (κ2) is 6.76. The smallest absolute Gasteiger partial charge is 0.311 e. The zero-order valence-corrected chi connectivity index (χ0v) is 12.5. The van der Waals surface area contributed by atoms with Gasteiger partial charge in [0, 0.05) is 6.42 Å². The van der Waals surface area contributed by atoms with Crippen LogP contribution >= 0.6 is 0 Å². The fourth-order valence-corrected chi connectivity index (χ4v) is 0.945. The fraction of sp³-hybridized carbons (Fsp3) is 0.857. The molecule has 0 unspecified atom stereocenters. The average Bonchev–Trinajstić information content (AvgIpc) is 2.26. The first-order valence-corrected chi connectivity index (χ1v) is 6.45. The van der Waals surface area contributed by atoms with Gasteiger partial charge in [-0.15, -0.1) is 0 Å². The highest BCUT2D eigenvalue weighted by molar-refractivity contribution is 5.76. The Hall–Kier alpha value is -1.06. The van der Waals surface area contributed by atoms with E-state index in [1.54, 1.807) is 20.8 Å². The highest BCUT2D eigenvalue weighted by Crippen LogP contribution is 2.21. The summed E-state index contributed by atoms with van der Waals surface area (Å²) in [5.74, 6) is -0.435. The molecule has 0 aliphatic heterocycles. The van der Waals surface area contributed by atoms with Crippen molar-refractivity contribution in [1.29, 1.82) is 0 Å². The van der Waals surface area contributed by atoms with Crippen LogP contribution in [-0.2, 0) is 19.1 Å². The number of esters is 2. The first kappa shape index (κ1) is 16.9. The van der Waals surface area contributed by atoms with Crippen LogP contribution in [0.15, 0.2) is 0 Å². The predicted octanol–water partition coefficient (Wildman–Crippen LogP) is 2.95. The molecule has 0 saturated carbocycles. The number of carbonyl (C=O) groups excluding carboxylic acids is 2. The lowest BCUT2D eigenvalue weighted by Crippen LogP contribution is -2.27. The van der Waals surface area contributed by atoms with Gasteiger partial charge in [-0.2, -0.15) is 0 Å². The number of hydrogen-bond donors (Lipinski definition) is 0. The van der Waals surface area contributed by atoms with Crippen molar-refractivity contribution in [3.05, 3.63) is 0 Å². The third-order valence-corrected chi connectivity index (χ3v) is 2.80. The Balaban J connectivity index is 3.77. The minimum absolute atomic E-state index is 0.202. The second-order valence-corrected chi connectivity index (χ2v) is 6.11. The van der Waals surface area contributed by atoms with Crippen molar-refractivity contribution in [2.24, 2.45) is 10.8 Å². The summed E-state index contributed by atoms with van der Waals surface area (Å²) in [7, 11) is 0. The summed E-state index contributed by atoms with van der Waals surface area (Å²) in [5, 5.41) is 0. The molecule has 0 aromatic rings. The van der Waals surface area contributed by atoms with Gasteiger partial charge >= 0.3 is 11.9 Å². The van der Waals surface area contributed by atoms with E-state index >= 15 is 0 Å². The van der Waals surface area contributed by atoms with Crippen molar-refractivity contribution in [2.75, 3.05) is 13.2 Å². The first-order valence-electron chi connectivity index (χ1n) is 6.45. The van der Waals surface area contributed by atoms with Crippen LogP contribution in [0.2, 0.25) is 0 Å². The molecule has 4 heteroatoms. The highest BCUT2D eigenvalue weighted by atomic mass is 16.5. The normalized spacial score (nSPS) is 12.1. The molecule has 106 valence electrons. The quantitative estimate of drug-likeness (QED) is 0.543. The summed E-state index contributed by atoms with van der Waals surface area (Å²) < 4.78 is 10.2. The van der Waals surface area contributed by atoms with Gasteiger partial charge in [0.15, 0.2) is 0 Å². The molecule has 0 saturated heterocycles. The standard InChI is InChI=1S/C14H26O4/c1-7-14(5,6)12(16)18-10-8-9-17-11(15)13(2,3)4/h7-10H2,1-6H3. The fourth-order valence-electron chi connectivity index (χ4n) is 0.945. The summed E-state index contributed by atoms with van der Waals surface area (Å²) in [4.78, 5) is 23.1. The molecule has 0 amide bonds. The van der Waals surface area contributed by atoms with E-state index in [4.69, 9.17) is 9.47 Å². The molecule has 0 radical (unpaired) electrons. The van der Waals surface area contributed by atoms with Crippen LogP contribution in [0, 0.1) is 10.8 Å². The van der Waals surface area contributed by atoms with Gasteiger partial charge < -0.3 is 9.47 Å². The number of carbonyl (C=O) groups is 2. The average molecular weight is 258 g/mol. The molecule has 0 aliphatic carbocycles. The summed E-state index contributed by atoms with van der Waals surface area (Å²) in [6, 6.07) is 0. The van der Waals surface area contributed by atoms with Gasteiger partial charge in [0.2, 0.25) is 0 Å². The maximum absolute atomic E-state index is 11.6. The van der Waals surface area contributed by atoms with E-state index in [0.29, 0.717) is 13.0 Å². The maximum Gasteiger partial charge on any atom is 0.311 e. The molecule has 0 heterocycles. The van der Waals surface area contributed by atoms with Crippen LogP contribution in [0.4, 0.5) is 0 Å². The minimum Gasteiger partial charge on any atom is -0.465 e. The molecule has 0 bridgehead atoms. The van der Waals surface area contributed by atoms with E-state index in [1.807, 2.05) is 20.8 Å². The molecule has 18 heavy (non-hydrogen) atoms. The maximum atomic E-state index is 11.6. The van der Waals surface area contributed by atoms with Crippen molar-refractivity contribution in [2.45, 2.75) is 54.4 Å². The Morgan fingerprint density at radius 1 is 0.889 bits per heavy atom. The van der Waals surface area contributed by atoms with Crippen LogP contribution in [0.3, 0.4) is 0 Å². The highest BCUT2D eigenvalue weighted by Gasteiger charge is 2.27. The van der Waals surface area contributed by atoms with E-state index in [2.05, 4.69) is 0 Å². The van der Waals surface area contributed by atoms with Gasteiger partial charge in [-0.05, 0) is 41.0 Å². The summed E-state index contributed by atoms with van der Waals surface area (Å²) in [6.07, 6.45) is 1.28. The van der Waals surface area contributed by atoms with E-state index in [0.717, 1.165) is 6.42 Å². The topological polar surface area (TPSA) is 52.6 Å². The Kier molecular flexibility index (Phi) is 6.36. The molecule has 0 aliphatic rings. The lowest BCUT2D eigenvalue weighted by Gasteiger charge is -2.20. The summed E-state index contributed by atoms with van der Waals surface area (Å²) in [5.41, 5.74) is -0.928. The van der Waals surface area contributed by atoms with E-state index < -0.39 is 10.8 Å². The van der Waals surface area contributed by atoms with Crippen molar-refractivity contribution in [3.63, 3.8) is 0 Å². The van der Waals surface area contributed by atoms with E-state index in [9.17, 15) is 9.59 Å². The lowest BCUT2D eigenvalue weighted by molar-refractivity contribution is -0.156. The SMILES string of the molecule is CCC(C)(C)C(=O)OCCCOC(=O)C(C)(C)C. The van der Waals surface area contributed by atoms with E-state index in [-0.39, 0.29) is 18.5 Å². The van der Waals surface area contributed by atoms with Crippen molar-refractivity contribution < 1.29 is 19.1 Å². The predicted molar refractivity (Wildman–Crippen MR) is 70.1 cm³/mol. The lowest BCUT2D eigenvalue weighted by atomic mass is 9.91. The van der Waals surface area contributed by atoms with Crippen molar-refractivity contribution in [1.82, 2.24) is 0 Å². The Morgan fingerprint density at radius 3 is 1.72 bits per heavy atom. The van der Waals surface area contributed by atoms with Gasteiger partial charge in [0.25, 0.3) is 0 Å². The molecule has 0 atom stereocenters. The Labute approximate surface area is 110 Å². The van der Waals surface area contributed by atoms with Gasteiger partial charge in [-0.25, -0.2) is 0 Å². The zero-order valence-electron chi connectivity index (χ0n) is 12.5. The zero-order chi connectivity index (χ0) is 14.4. The van der Waals surface area contributed by atoms with Crippen molar-refractivity contribution in [3.8, 4) is 0 Å². The second-order valence-electron chi connectivity index (χ2n) is 6.11. The molecule has 0 N–H and O–H groups in total. The van der Waals surface area contributed by atoms with E-state index in [1.165, 1.54) is 0 Å². The number of hydrogen-bond acceptors (Lipinski definition) is 4. The number of rotatable bonds is 6. The van der Waals surface area contributed by atoms with Crippen LogP contribution in [-0.4, -0.2) is 25.2 Å². The first-order chi connectivity index (χ1) is 8.11. The number of ether oxygens (including phenoxy) is 2. The van der Waals surface area contributed by atoms with Gasteiger partial charge in [-0.1, -0.05) is 6.92 Å². The Bertz CT molecular complexity index is 287. The summed E-state index contributed by atoms with van der Waals surface area (Å²) in [6.45, 7) is 11.7. The van der Waals surface area contributed by atoms with Gasteiger partial charge in [0.1, 0.15) is 0 Å². The van der Waals surface area contributed by atoms with Crippen LogP contribution in [0.25, 0.3) is 0 Å². The molecule has 4 nitrogen and oxygen atoms in total. The van der Waals surface area contributed by atoms with Crippen LogP contribution in [0.5, 0.6) is 0 Å². The summed E-state index contributed by atoms with van der Waals surface area (Å²) >= 11 is 0. The Morgan fingerprint density at radius 2 is 1.33 bits per heavy atom. The minimum atomic E-state index is -0.485. The molecule has 0 fully saturated rings. The largest absolute Gasteiger partial charge is 0.465 e. The van der Waals surface area contributed by atoms with Gasteiger partial charge in [-0.3, -0.25) is 9.59 Å². The third-order valence-electron chi connectivity index (χ3n) is 2.80. The van der Waals surface area contributed by atoms with Crippen LogP contribution < -0.4 is 0 Å². The monoisotopic (exact) mass is 258 g/mol. The van der Waals surface area contributed by atoms with Gasteiger partial charge in [0.05, 0.1) is 24.0 Å². The molecular weight excluding hydrogens is 232 g/mol. The molecule has 0 aromatic heterocycles. The molecule has 0 spiro atoms. The molecular formula is C14H26O4. The third kappa shape index (κ3) is 6.03. The molecule has 0 rings (SSSR count). The van der Waals surface area contributed by atoms with Crippen molar-refractivity contribution >= 4 is 11.9 Å². The molecule has 0 aromatic carbocycles.